The van der Waals surface area contributed by atoms with Crippen LogP contribution in [0, 0.1) is 5.82 Å². The molecule has 29 heavy (non-hydrogen) atoms. The van der Waals surface area contributed by atoms with Gasteiger partial charge in [-0.25, -0.2) is 23.9 Å². The molecule has 0 spiro atoms. The lowest BCUT2D eigenvalue weighted by atomic mass is 10.1. The third kappa shape index (κ3) is 3.63. The Morgan fingerprint density at radius 1 is 0.966 bits per heavy atom. The fourth-order valence-electron chi connectivity index (χ4n) is 2.90. The quantitative estimate of drug-likeness (QED) is 0.440. The summed E-state index contributed by atoms with van der Waals surface area (Å²) in [5, 5.41) is 24.1. The molecule has 0 aliphatic heterocycles. The number of nitrogens with one attached hydrogen (secondary N) is 1. The lowest BCUT2D eigenvalue weighted by Gasteiger charge is -2.10. The van der Waals surface area contributed by atoms with E-state index in [1.54, 1.807) is 12.1 Å². The highest BCUT2D eigenvalue weighted by Gasteiger charge is 2.16. The number of anilines is 2. The van der Waals surface area contributed by atoms with Gasteiger partial charge in [0.2, 0.25) is 0 Å². The Labute approximate surface area is 167 Å². The summed E-state index contributed by atoms with van der Waals surface area (Å²) in [6.45, 7) is 0. The van der Waals surface area contributed by atoms with Gasteiger partial charge in [-0.3, -0.25) is 0 Å². The number of fused-ring (bicyclic) bond motifs is 1. The van der Waals surface area contributed by atoms with E-state index in [4.69, 9.17) is 0 Å². The molecule has 4 rings (SSSR count). The van der Waals surface area contributed by atoms with Gasteiger partial charge < -0.3 is 15.5 Å². The Morgan fingerprint density at radius 3 is 2.24 bits per heavy atom. The Balaban J connectivity index is 1.83. The molecule has 0 saturated carbocycles. The van der Waals surface area contributed by atoms with Crippen LogP contribution in [0.15, 0.2) is 54.2 Å². The number of thiophene rings is 1. The van der Waals surface area contributed by atoms with E-state index in [-0.39, 0.29) is 22.6 Å². The molecule has 0 atom stereocenters. The first kappa shape index (κ1) is 18.5. The summed E-state index contributed by atoms with van der Waals surface area (Å²) in [7, 11) is 0. The lowest BCUT2D eigenvalue weighted by Crippen LogP contribution is -2.05. The second-order valence-electron chi connectivity index (χ2n) is 6.09. The van der Waals surface area contributed by atoms with E-state index in [1.165, 1.54) is 41.9 Å². The second kappa shape index (κ2) is 7.28. The van der Waals surface area contributed by atoms with Crippen LogP contribution < -0.4 is 5.32 Å². The van der Waals surface area contributed by atoms with Crippen LogP contribution in [0.1, 0.15) is 20.7 Å². The zero-order valence-corrected chi connectivity index (χ0v) is 15.4. The summed E-state index contributed by atoms with van der Waals surface area (Å²) < 4.78 is 13.3. The van der Waals surface area contributed by atoms with Crippen molar-refractivity contribution in [1.82, 2.24) is 9.97 Å². The van der Waals surface area contributed by atoms with Crippen LogP contribution in [-0.2, 0) is 0 Å². The van der Waals surface area contributed by atoms with Gasteiger partial charge in [0, 0.05) is 16.6 Å². The minimum Gasteiger partial charge on any atom is -0.478 e. The van der Waals surface area contributed by atoms with Crippen molar-refractivity contribution in [2.75, 3.05) is 5.32 Å². The lowest BCUT2D eigenvalue weighted by molar-refractivity contribution is 0.0696. The Bertz CT molecular complexity index is 1220. The van der Waals surface area contributed by atoms with Crippen molar-refractivity contribution in [1.29, 1.82) is 0 Å². The molecule has 0 unspecified atom stereocenters. The standard InChI is InChI=1S/C20H12FN3O4S/c21-13-3-1-10(2-4-13)15-8-29-18-16(15)17(22-9-23-18)24-14-6-11(19(25)26)5-12(7-14)20(27)28/h1-9H,(H,25,26)(H,27,28)(H,22,23,24). The SMILES string of the molecule is O=C(O)c1cc(Nc2ncnc3scc(-c4ccc(F)cc4)c23)cc(C(=O)O)c1. The van der Waals surface area contributed by atoms with Crippen molar-refractivity contribution < 1.29 is 24.2 Å². The molecule has 2 aromatic heterocycles. The highest BCUT2D eigenvalue weighted by atomic mass is 32.1. The normalized spacial score (nSPS) is 10.8. The summed E-state index contributed by atoms with van der Waals surface area (Å²) in [5.41, 5.74) is 1.48. The molecule has 2 aromatic carbocycles. The maximum absolute atomic E-state index is 13.3. The number of aromatic nitrogens is 2. The fourth-order valence-corrected chi connectivity index (χ4v) is 3.81. The van der Waals surface area contributed by atoms with Crippen molar-refractivity contribution in [2.24, 2.45) is 0 Å². The molecule has 0 aliphatic rings. The van der Waals surface area contributed by atoms with E-state index in [9.17, 15) is 24.2 Å². The minimum atomic E-state index is -1.24. The van der Waals surface area contributed by atoms with E-state index in [2.05, 4.69) is 15.3 Å². The number of nitrogens with zero attached hydrogens (tertiary/aromatic N) is 2. The van der Waals surface area contributed by atoms with Gasteiger partial charge in [0.25, 0.3) is 0 Å². The number of halogens is 1. The number of rotatable bonds is 5. The predicted octanol–water partition coefficient (Wildman–Crippen LogP) is 4.64. The molecule has 0 bridgehead atoms. The number of carbonyl (C=O) groups is 2. The number of hydrogen-bond acceptors (Lipinski definition) is 6. The topological polar surface area (TPSA) is 112 Å². The van der Waals surface area contributed by atoms with Crippen LogP contribution in [0.4, 0.5) is 15.9 Å². The van der Waals surface area contributed by atoms with Crippen LogP contribution >= 0.6 is 11.3 Å². The molecule has 7 nitrogen and oxygen atoms in total. The molecule has 9 heteroatoms. The zero-order chi connectivity index (χ0) is 20.5. The average Bonchev–Trinajstić information content (AvgIpc) is 3.13. The molecule has 0 radical (unpaired) electrons. The Hall–Kier alpha value is -3.85. The molecular weight excluding hydrogens is 397 g/mol. The molecule has 144 valence electrons. The van der Waals surface area contributed by atoms with Gasteiger partial charge in [-0.2, -0.15) is 0 Å². The summed E-state index contributed by atoms with van der Waals surface area (Å²) >= 11 is 1.38. The fraction of sp³-hybridized carbons (Fsp3) is 0. The Morgan fingerprint density at radius 2 is 1.62 bits per heavy atom. The van der Waals surface area contributed by atoms with E-state index in [1.807, 2.05) is 5.38 Å². The number of aromatic carboxylic acids is 2. The molecule has 0 saturated heterocycles. The van der Waals surface area contributed by atoms with Gasteiger partial charge in [0.1, 0.15) is 22.8 Å². The van der Waals surface area contributed by atoms with Gasteiger partial charge in [-0.1, -0.05) is 12.1 Å². The van der Waals surface area contributed by atoms with Crippen LogP contribution in [0.3, 0.4) is 0 Å². The average molecular weight is 409 g/mol. The molecule has 0 amide bonds. The van der Waals surface area contributed by atoms with E-state index in [0.29, 0.717) is 16.0 Å². The minimum absolute atomic E-state index is 0.165. The van der Waals surface area contributed by atoms with Gasteiger partial charge in [0.05, 0.1) is 16.5 Å². The first-order chi connectivity index (χ1) is 13.9. The van der Waals surface area contributed by atoms with Crippen LogP contribution in [0.25, 0.3) is 21.3 Å². The third-order valence-electron chi connectivity index (χ3n) is 4.22. The van der Waals surface area contributed by atoms with Gasteiger partial charge in [0.15, 0.2) is 0 Å². The molecule has 0 fully saturated rings. The largest absolute Gasteiger partial charge is 0.478 e. The first-order valence-corrected chi connectivity index (χ1v) is 9.17. The van der Waals surface area contributed by atoms with Crippen molar-refractivity contribution in [3.63, 3.8) is 0 Å². The highest BCUT2D eigenvalue weighted by molar-refractivity contribution is 7.17. The monoisotopic (exact) mass is 409 g/mol. The second-order valence-corrected chi connectivity index (χ2v) is 6.95. The smallest absolute Gasteiger partial charge is 0.335 e. The molecule has 4 aromatic rings. The number of carboxylic acids is 2. The summed E-state index contributed by atoms with van der Waals surface area (Å²) in [6.07, 6.45) is 1.36. The van der Waals surface area contributed by atoms with Crippen LogP contribution in [-0.4, -0.2) is 32.1 Å². The van der Waals surface area contributed by atoms with Crippen LogP contribution in [0.5, 0.6) is 0 Å². The van der Waals surface area contributed by atoms with Gasteiger partial charge in [-0.05, 0) is 35.9 Å². The maximum Gasteiger partial charge on any atom is 0.335 e. The van der Waals surface area contributed by atoms with Crippen molar-refractivity contribution >= 4 is 45.0 Å². The van der Waals surface area contributed by atoms with Crippen molar-refractivity contribution in [3.05, 3.63) is 71.1 Å². The predicted molar refractivity (Wildman–Crippen MR) is 106 cm³/mol. The molecule has 3 N–H and O–H groups in total. The number of benzene rings is 2. The third-order valence-corrected chi connectivity index (χ3v) is 5.10. The summed E-state index contributed by atoms with van der Waals surface area (Å²) in [4.78, 5) is 31.8. The van der Waals surface area contributed by atoms with E-state index < -0.39 is 11.9 Å². The van der Waals surface area contributed by atoms with E-state index >= 15 is 0 Å². The molecular formula is C20H12FN3O4S. The summed E-state index contributed by atoms with van der Waals surface area (Å²) in [6, 6.07) is 9.72. The zero-order valence-electron chi connectivity index (χ0n) is 14.6. The maximum atomic E-state index is 13.3. The van der Waals surface area contributed by atoms with Crippen LogP contribution in [0.2, 0.25) is 0 Å². The van der Waals surface area contributed by atoms with Gasteiger partial charge >= 0.3 is 11.9 Å². The van der Waals surface area contributed by atoms with E-state index in [0.717, 1.165) is 17.2 Å². The van der Waals surface area contributed by atoms with Gasteiger partial charge in [-0.15, -0.1) is 11.3 Å². The number of hydrogen-bond donors (Lipinski definition) is 3. The number of carboxylic acid groups (broad SMARTS) is 2. The van der Waals surface area contributed by atoms with Crippen molar-refractivity contribution in [2.45, 2.75) is 0 Å². The Kier molecular flexibility index (Phi) is 4.65. The molecule has 2 heterocycles. The highest BCUT2D eigenvalue weighted by Crippen LogP contribution is 2.37. The first-order valence-electron chi connectivity index (χ1n) is 8.29. The summed E-state index contributed by atoms with van der Waals surface area (Å²) in [5.74, 6) is -2.46. The molecule has 0 aliphatic carbocycles. The van der Waals surface area contributed by atoms with Crippen molar-refractivity contribution in [3.8, 4) is 11.1 Å².